The second-order valence-corrected chi connectivity index (χ2v) is 5.23. The zero-order valence-corrected chi connectivity index (χ0v) is 13.0. The summed E-state index contributed by atoms with van der Waals surface area (Å²) in [6.45, 7) is 10.3. The summed E-state index contributed by atoms with van der Waals surface area (Å²) in [6.07, 6.45) is 3.05. The molecule has 0 saturated carbocycles. The Labute approximate surface area is 117 Å². The van der Waals surface area contributed by atoms with Gasteiger partial charge in [-0.1, -0.05) is 34.1 Å². The van der Waals surface area contributed by atoms with E-state index in [0.29, 0.717) is 12.5 Å². The molecule has 0 amide bonds. The van der Waals surface area contributed by atoms with Crippen molar-refractivity contribution in [2.45, 2.75) is 53.5 Å². The van der Waals surface area contributed by atoms with Crippen LogP contribution in [0.5, 0.6) is 0 Å². The minimum Gasteiger partial charge on any atom is -0.358 e. The summed E-state index contributed by atoms with van der Waals surface area (Å²) in [5, 5.41) is 8.80. The summed E-state index contributed by atoms with van der Waals surface area (Å²) < 4.78 is 0. The number of anilines is 1. The van der Waals surface area contributed by atoms with Gasteiger partial charge in [-0.2, -0.15) is 5.10 Å². The van der Waals surface area contributed by atoms with E-state index in [1.807, 2.05) is 0 Å². The maximum Gasteiger partial charge on any atom is 0.155 e. The van der Waals surface area contributed by atoms with Crippen LogP contribution in [0.25, 0.3) is 0 Å². The molecule has 108 valence electrons. The molecule has 0 bridgehead atoms. The van der Waals surface area contributed by atoms with Gasteiger partial charge in [-0.05, 0) is 24.3 Å². The Morgan fingerprint density at radius 3 is 2.26 bits per heavy atom. The van der Waals surface area contributed by atoms with E-state index in [4.69, 9.17) is 5.73 Å². The van der Waals surface area contributed by atoms with Crippen molar-refractivity contribution in [1.29, 1.82) is 0 Å². The fourth-order valence-electron chi connectivity index (χ4n) is 2.44. The Morgan fingerprint density at radius 2 is 1.79 bits per heavy atom. The maximum atomic E-state index is 5.96. The highest BCUT2D eigenvalue weighted by molar-refractivity contribution is 5.50. The molecule has 1 heterocycles. The third-order valence-electron chi connectivity index (χ3n) is 3.78. The molecule has 4 nitrogen and oxygen atoms in total. The van der Waals surface area contributed by atoms with Crippen LogP contribution in [0.2, 0.25) is 0 Å². The van der Waals surface area contributed by atoms with Gasteiger partial charge < -0.3 is 10.6 Å². The Bertz CT molecular complexity index is 403. The lowest BCUT2D eigenvalue weighted by Gasteiger charge is -2.25. The van der Waals surface area contributed by atoms with Gasteiger partial charge in [0.1, 0.15) is 0 Å². The van der Waals surface area contributed by atoms with E-state index in [0.717, 1.165) is 30.9 Å². The molecule has 0 aromatic carbocycles. The van der Waals surface area contributed by atoms with Gasteiger partial charge in [-0.25, -0.2) is 0 Å². The predicted molar refractivity (Wildman–Crippen MR) is 81.4 cm³/mol. The minimum absolute atomic E-state index is 0.534. The Hall–Kier alpha value is -1.16. The Kier molecular flexibility index (Phi) is 6.22. The van der Waals surface area contributed by atoms with Crippen LogP contribution in [0.4, 0.5) is 5.82 Å². The molecule has 1 aromatic heterocycles. The number of nitrogens with two attached hydrogens (primary N) is 1. The largest absolute Gasteiger partial charge is 0.358 e. The van der Waals surface area contributed by atoms with E-state index in [2.05, 4.69) is 49.8 Å². The molecule has 0 aliphatic rings. The smallest absolute Gasteiger partial charge is 0.155 e. The van der Waals surface area contributed by atoms with Crippen LogP contribution < -0.4 is 10.6 Å². The average Bonchev–Trinajstić information content (AvgIpc) is 2.44. The third-order valence-corrected chi connectivity index (χ3v) is 3.78. The van der Waals surface area contributed by atoms with Crippen LogP contribution in [-0.2, 0) is 19.4 Å². The van der Waals surface area contributed by atoms with Crippen molar-refractivity contribution in [1.82, 2.24) is 10.2 Å². The maximum absolute atomic E-state index is 5.96. The van der Waals surface area contributed by atoms with Crippen molar-refractivity contribution in [3.05, 3.63) is 16.8 Å². The normalized spacial score (nSPS) is 12.5. The van der Waals surface area contributed by atoms with Crippen LogP contribution in [0.1, 0.15) is 50.9 Å². The highest BCUT2D eigenvalue weighted by atomic mass is 15.3. The van der Waals surface area contributed by atoms with Gasteiger partial charge in [-0.3, -0.25) is 0 Å². The third kappa shape index (κ3) is 3.66. The van der Waals surface area contributed by atoms with Gasteiger partial charge in [0.2, 0.25) is 0 Å². The van der Waals surface area contributed by atoms with Gasteiger partial charge >= 0.3 is 0 Å². The fraction of sp³-hybridized carbons (Fsp3) is 0.733. The lowest BCUT2D eigenvalue weighted by atomic mass is 10.0. The molecular formula is C15H28N4. The van der Waals surface area contributed by atoms with E-state index in [1.165, 1.54) is 17.5 Å². The quantitative estimate of drug-likeness (QED) is 0.822. The molecule has 0 spiro atoms. The number of rotatable bonds is 7. The standard InChI is InChI=1S/C15H28N4/c1-6-11(4)10-19(5)15-13(9-16)12(7-2)14(8-3)17-18-15/h11H,6-10,16H2,1-5H3. The first kappa shape index (κ1) is 15.9. The molecule has 4 heteroatoms. The molecule has 0 aliphatic carbocycles. The van der Waals surface area contributed by atoms with E-state index in [-0.39, 0.29) is 0 Å². The van der Waals surface area contributed by atoms with E-state index < -0.39 is 0 Å². The first-order chi connectivity index (χ1) is 9.08. The van der Waals surface area contributed by atoms with Crippen molar-refractivity contribution in [2.24, 2.45) is 11.7 Å². The highest BCUT2D eigenvalue weighted by Gasteiger charge is 2.17. The molecule has 0 saturated heterocycles. The molecule has 0 fully saturated rings. The zero-order valence-electron chi connectivity index (χ0n) is 13.0. The molecule has 1 aromatic rings. The second-order valence-electron chi connectivity index (χ2n) is 5.23. The molecule has 0 aliphatic heterocycles. The summed E-state index contributed by atoms with van der Waals surface area (Å²) in [6, 6.07) is 0. The lowest BCUT2D eigenvalue weighted by molar-refractivity contribution is 0.555. The van der Waals surface area contributed by atoms with Crippen LogP contribution >= 0.6 is 0 Å². The molecule has 0 radical (unpaired) electrons. The van der Waals surface area contributed by atoms with Crippen LogP contribution in [0.15, 0.2) is 0 Å². The van der Waals surface area contributed by atoms with Crippen molar-refractivity contribution >= 4 is 5.82 Å². The molecular weight excluding hydrogens is 236 g/mol. The van der Waals surface area contributed by atoms with Gasteiger partial charge in [0, 0.05) is 25.7 Å². The lowest BCUT2D eigenvalue weighted by Crippen LogP contribution is -2.27. The van der Waals surface area contributed by atoms with Crippen molar-refractivity contribution in [3.8, 4) is 0 Å². The monoisotopic (exact) mass is 264 g/mol. The minimum atomic E-state index is 0.534. The molecule has 1 atom stereocenters. The predicted octanol–water partition coefficient (Wildman–Crippen LogP) is 2.54. The zero-order chi connectivity index (χ0) is 14.4. The molecule has 1 unspecified atom stereocenters. The van der Waals surface area contributed by atoms with Gasteiger partial charge in [0.05, 0.1) is 5.69 Å². The molecule has 19 heavy (non-hydrogen) atoms. The number of nitrogens with zero attached hydrogens (tertiary/aromatic N) is 3. The van der Waals surface area contributed by atoms with E-state index >= 15 is 0 Å². The van der Waals surface area contributed by atoms with Crippen LogP contribution in [0, 0.1) is 5.92 Å². The fourth-order valence-corrected chi connectivity index (χ4v) is 2.44. The topological polar surface area (TPSA) is 55.0 Å². The Balaban J connectivity index is 3.13. The first-order valence-electron chi connectivity index (χ1n) is 7.37. The number of aromatic nitrogens is 2. The van der Waals surface area contributed by atoms with Crippen molar-refractivity contribution in [2.75, 3.05) is 18.5 Å². The molecule has 2 N–H and O–H groups in total. The van der Waals surface area contributed by atoms with E-state index in [1.54, 1.807) is 0 Å². The van der Waals surface area contributed by atoms with Gasteiger partial charge in [-0.15, -0.1) is 5.10 Å². The van der Waals surface area contributed by atoms with Crippen LogP contribution in [0.3, 0.4) is 0 Å². The summed E-state index contributed by atoms with van der Waals surface area (Å²) in [5.41, 5.74) is 9.49. The van der Waals surface area contributed by atoms with E-state index in [9.17, 15) is 0 Å². The number of hydrogen-bond acceptors (Lipinski definition) is 4. The van der Waals surface area contributed by atoms with Crippen molar-refractivity contribution in [3.63, 3.8) is 0 Å². The Morgan fingerprint density at radius 1 is 1.11 bits per heavy atom. The summed E-state index contributed by atoms with van der Waals surface area (Å²) in [7, 11) is 2.08. The second kappa shape index (κ2) is 7.43. The average molecular weight is 264 g/mol. The summed E-state index contributed by atoms with van der Waals surface area (Å²) in [5.74, 6) is 1.60. The van der Waals surface area contributed by atoms with Crippen molar-refractivity contribution < 1.29 is 0 Å². The number of aryl methyl sites for hydroxylation is 1. The van der Waals surface area contributed by atoms with Gasteiger partial charge in [0.25, 0.3) is 0 Å². The SMILES string of the molecule is CCc1nnc(N(C)CC(C)CC)c(CN)c1CC. The molecule has 1 rings (SSSR count). The highest BCUT2D eigenvalue weighted by Crippen LogP contribution is 2.23. The van der Waals surface area contributed by atoms with Gasteiger partial charge in [0.15, 0.2) is 5.82 Å². The summed E-state index contributed by atoms with van der Waals surface area (Å²) in [4.78, 5) is 2.20. The summed E-state index contributed by atoms with van der Waals surface area (Å²) >= 11 is 0. The number of hydrogen-bond donors (Lipinski definition) is 1. The first-order valence-corrected chi connectivity index (χ1v) is 7.37. The van der Waals surface area contributed by atoms with Crippen LogP contribution in [-0.4, -0.2) is 23.8 Å².